The molecular formula is C75H123N5O55. The molecule has 0 saturated carbocycles. The van der Waals surface area contributed by atoms with Gasteiger partial charge in [0.1, 0.15) is 244 Å². The molecule has 10 aliphatic heterocycles. The molecule has 1 unspecified atom stereocenters. The summed E-state index contributed by atoms with van der Waals surface area (Å²) in [5, 5.41) is 326. The van der Waals surface area contributed by atoms with Gasteiger partial charge in [0, 0.05) is 41.5 Å². The van der Waals surface area contributed by atoms with Gasteiger partial charge in [-0.25, -0.2) is 4.79 Å². The van der Waals surface area contributed by atoms with Crippen LogP contribution in [-0.4, -0.2) is 563 Å². The number of rotatable bonds is 37. The summed E-state index contributed by atoms with van der Waals surface area (Å²) in [6.45, 7) is -6.37. The number of esters is 1. The lowest BCUT2D eigenvalue weighted by molar-refractivity contribution is -0.399. The van der Waals surface area contributed by atoms with Crippen LogP contribution >= 0.6 is 0 Å². The lowest BCUT2D eigenvalue weighted by atomic mass is 9.88. The zero-order valence-corrected chi connectivity index (χ0v) is 72.7. The van der Waals surface area contributed by atoms with Crippen LogP contribution in [0.1, 0.15) is 48.0 Å². The van der Waals surface area contributed by atoms with Crippen LogP contribution in [0.4, 0.5) is 0 Å². The van der Waals surface area contributed by atoms with E-state index in [1.807, 2.05) is 0 Å². The highest BCUT2D eigenvalue weighted by Gasteiger charge is 2.64. The molecule has 10 aliphatic rings. The van der Waals surface area contributed by atoms with E-state index < -0.39 is 426 Å². The zero-order chi connectivity index (χ0) is 99.9. The highest BCUT2D eigenvalue weighted by Crippen LogP contribution is 2.42. The molecule has 0 spiro atoms. The maximum Gasteiger partial charge on any atom is 0.364 e. The van der Waals surface area contributed by atoms with Crippen LogP contribution in [0.25, 0.3) is 0 Å². The second kappa shape index (κ2) is 48.5. The molecule has 33 N–H and O–H groups in total. The number of carboxylic acid groups (broad SMARTS) is 1. The monoisotopic (exact) mass is 1970 g/mol. The van der Waals surface area contributed by atoms with Crippen LogP contribution in [0, 0.1) is 0 Å². The molecule has 10 saturated heterocycles. The fourth-order valence-electron chi connectivity index (χ4n) is 17.2. The first kappa shape index (κ1) is 111. The molecule has 0 aromatic heterocycles. The van der Waals surface area contributed by atoms with Crippen LogP contribution in [-0.2, 0) is 128 Å². The van der Waals surface area contributed by atoms with Gasteiger partial charge in [0.15, 0.2) is 56.6 Å². The summed E-state index contributed by atoms with van der Waals surface area (Å²) in [5.41, 5.74) is 0. The van der Waals surface area contributed by atoms with E-state index in [4.69, 9.17) is 94.7 Å². The second-order valence-corrected chi connectivity index (χ2v) is 33.7. The van der Waals surface area contributed by atoms with Crippen molar-refractivity contribution in [2.45, 2.75) is 360 Å². The summed E-state index contributed by atoms with van der Waals surface area (Å²) in [7, 11) is 0. The standard InChI is InChI=1S/C75H123N5O55/c1-18(89)76-35-25(118-23(6)94)7-75(74(114)115,135-61(35)40(96)24(95)8-81)117-17-34-44(100)51(107)55(111)70(127-34)130-59-31(14-87)125-68(39(49(59)105)80-22(5)93)134-64-53(109)43(99)28(11-84)122-73(64)132-62-45(101)33(126-71(56(62)112)131-60-32(15-88)123-66(37(47(60)103)78-20(3)91)128-57-29(12-85)119-65(113)36(46(57)102)77-19(2)90)16-116-72-63(52(108)42(98)27(10-83)121-72)133-67-38(79-21(4)92)48(104)58(30(13-86)124-67)129-69-54(110)50(106)41(97)26(9-82)120-69/h24-73,81-88,95-113H,7-17H2,1-6H3,(H,76,89)(H,77,90)(H,78,91)(H,79,92)(H,80,93)(H,114,115)/t24-,25+,26-,27-,28-,29-,30-,31-,32-,33-,34-,35-,36-,37-,38-,39-,40-,41+,42-,43-,44+,45-,46-,47-,48-,49-,50+,51+,52+,53+,54-,55-,56+,57-,58-,59-,60-,61-,62+,63+,64+,65?,66+,67+,68+,69+,70+,71+,72+,73-,75-/m1/s1. The minimum absolute atomic E-state index is 0.818. The highest BCUT2D eigenvalue weighted by atomic mass is 16.8. The average molecular weight is 1970 g/mol. The van der Waals surface area contributed by atoms with Crippen LogP contribution in [0.2, 0.25) is 0 Å². The van der Waals surface area contributed by atoms with E-state index in [0.29, 0.717) is 0 Å². The molecule has 778 valence electrons. The minimum Gasteiger partial charge on any atom is -0.477 e. The van der Waals surface area contributed by atoms with E-state index in [-0.39, 0.29) is 0 Å². The van der Waals surface area contributed by atoms with Gasteiger partial charge in [0.2, 0.25) is 29.5 Å². The van der Waals surface area contributed by atoms with E-state index in [2.05, 4.69) is 26.6 Å². The summed E-state index contributed by atoms with van der Waals surface area (Å²) < 4.78 is 118. The van der Waals surface area contributed by atoms with E-state index in [9.17, 15) is 177 Å². The smallest absolute Gasteiger partial charge is 0.364 e. The Morgan fingerprint density at radius 1 is 0.319 bits per heavy atom. The van der Waals surface area contributed by atoms with Gasteiger partial charge in [-0.2, -0.15) is 0 Å². The molecule has 0 aliphatic carbocycles. The zero-order valence-electron chi connectivity index (χ0n) is 72.7. The largest absolute Gasteiger partial charge is 0.477 e. The Balaban J connectivity index is 0.963. The quantitative estimate of drug-likeness (QED) is 0.0257. The first-order valence-corrected chi connectivity index (χ1v) is 42.6. The normalized spacial score (nSPS) is 46.4. The molecule has 10 fully saturated rings. The maximum absolute atomic E-state index is 13.3. The number of carbonyl (C=O) groups excluding carboxylic acids is 6. The van der Waals surface area contributed by atoms with Crippen molar-refractivity contribution in [1.82, 2.24) is 26.6 Å². The summed E-state index contributed by atoms with van der Waals surface area (Å²) >= 11 is 0. The van der Waals surface area contributed by atoms with Gasteiger partial charge >= 0.3 is 11.9 Å². The third-order valence-corrected chi connectivity index (χ3v) is 24.1. The minimum atomic E-state index is -3.15. The molecule has 0 aromatic rings. The van der Waals surface area contributed by atoms with Crippen LogP contribution in [0.5, 0.6) is 0 Å². The fourth-order valence-corrected chi connectivity index (χ4v) is 17.2. The topological polar surface area (TPSA) is 931 Å². The van der Waals surface area contributed by atoms with Gasteiger partial charge in [-0.05, 0) is 0 Å². The molecule has 5 amide bonds. The van der Waals surface area contributed by atoms with E-state index in [0.717, 1.165) is 41.5 Å². The Hall–Kier alpha value is -5.55. The number of nitrogens with one attached hydrogen (secondary N) is 5. The van der Waals surface area contributed by atoms with E-state index in [1.165, 1.54) is 0 Å². The van der Waals surface area contributed by atoms with Gasteiger partial charge in [-0.3, -0.25) is 28.8 Å². The maximum atomic E-state index is 13.3. The van der Waals surface area contributed by atoms with Gasteiger partial charge in [-0.1, -0.05) is 0 Å². The molecule has 135 heavy (non-hydrogen) atoms. The third-order valence-electron chi connectivity index (χ3n) is 24.1. The lowest BCUT2D eigenvalue weighted by Crippen LogP contribution is -2.71. The van der Waals surface area contributed by atoms with Crippen molar-refractivity contribution in [3.8, 4) is 0 Å². The SMILES string of the molecule is CC(=O)N[C@H]1[C@H](O[C@H]2[C@H](O)[C@@H](NC(C)=O)C(O)O[C@@H]2CO)O[C@H](CO)[C@@H](O[C@@H]2O[C@H](CO[C@H]3O[C@H](CO)[C@@H](O)[C@H](O)[C@@H]3O[C@@H]3O[C@H](CO)[C@@H](O[C@@H]4O[C@H](CO)[C@H](O)[C@H](O)[C@H]4O)[C@H](O)[C@H]3NC(C)=O)[C@@H](O)[C@H](O[C@H]3O[C@H](CO)[C@@H](O)[C@H](O)[C@@H]3O[C@@H]3O[C@H](CO)[C@@H](O[C@@H]4O[C@H](CO[C@]5(C(=O)O)C[C@H](OC(C)=O)[C@@H](NC(C)=O)[C@H]([C@H](O)[C@H](O)CO)O5)[C@H](O)[C@H](O)[C@H]4O)[C@H](O)[C@H]3NC(C)=O)[C@@H]2O)[C@@H]1O. The van der Waals surface area contributed by atoms with Crippen molar-refractivity contribution >= 4 is 41.5 Å². The number of carbonyl (C=O) groups is 7. The first-order chi connectivity index (χ1) is 63.7. The Bertz CT molecular complexity index is 3810. The molecule has 0 bridgehead atoms. The fraction of sp³-hybridized carbons (Fsp3) is 0.907. The molecule has 10 heterocycles. The lowest BCUT2D eigenvalue weighted by Gasteiger charge is -2.51. The Labute approximate surface area is 763 Å². The Kier molecular flexibility index (Phi) is 40.0. The number of amides is 5. The molecular weight excluding hydrogens is 1850 g/mol. The van der Waals surface area contributed by atoms with Crippen molar-refractivity contribution < 1.29 is 271 Å². The molecule has 60 nitrogen and oxygen atoms in total. The number of aliphatic hydroxyl groups is 27. The number of aliphatic hydroxyl groups excluding tert-OH is 27. The van der Waals surface area contributed by atoms with Gasteiger partial charge in [-0.15, -0.1) is 0 Å². The molecule has 0 radical (unpaired) electrons. The summed E-state index contributed by atoms with van der Waals surface area (Å²) in [5.74, 6) is -11.0. The van der Waals surface area contributed by atoms with Crippen molar-refractivity contribution in [3.63, 3.8) is 0 Å². The number of hydrogen-bond donors (Lipinski definition) is 33. The number of hydrogen-bond acceptors (Lipinski definition) is 54. The van der Waals surface area contributed by atoms with Crippen molar-refractivity contribution in [2.75, 3.05) is 66.1 Å². The summed E-state index contributed by atoms with van der Waals surface area (Å²) in [6, 6.07) is -9.45. The number of ether oxygens (including phenoxy) is 20. The van der Waals surface area contributed by atoms with Gasteiger partial charge in [0.05, 0.1) is 78.5 Å². The summed E-state index contributed by atoms with van der Waals surface area (Å²) in [6.07, 6.45) is -99.6. The number of aliphatic carboxylic acids is 1. The van der Waals surface area contributed by atoms with Crippen molar-refractivity contribution in [2.24, 2.45) is 0 Å². The average Bonchev–Trinajstić information content (AvgIpc) is 0.763. The first-order valence-electron chi connectivity index (χ1n) is 42.6. The predicted octanol–water partition coefficient (Wildman–Crippen LogP) is -22.3. The van der Waals surface area contributed by atoms with Crippen molar-refractivity contribution in [1.29, 1.82) is 0 Å². The van der Waals surface area contributed by atoms with Crippen LogP contribution in [0.15, 0.2) is 0 Å². The van der Waals surface area contributed by atoms with Crippen LogP contribution < -0.4 is 26.6 Å². The Morgan fingerprint density at radius 2 is 0.630 bits per heavy atom. The van der Waals surface area contributed by atoms with Gasteiger partial charge in [0.25, 0.3) is 5.79 Å². The molecule has 51 atom stereocenters. The van der Waals surface area contributed by atoms with Gasteiger partial charge < -0.3 is 264 Å². The third kappa shape index (κ3) is 25.2. The second-order valence-electron chi connectivity index (χ2n) is 33.7. The van der Waals surface area contributed by atoms with Crippen molar-refractivity contribution in [3.05, 3.63) is 0 Å². The Morgan fingerprint density at radius 3 is 1.02 bits per heavy atom. The summed E-state index contributed by atoms with van der Waals surface area (Å²) in [4.78, 5) is 89.7. The molecule has 60 heteroatoms. The molecule has 0 aromatic carbocycles. The van der Waals surface area contributed by atoms with E-state index >= 15 is 0 Å². The van der Waals surface area contributed by atoms with Crippen LogP contribution in [0.3, 0.4) is 0 Å². The molecule has 10 rings (SSSR count). The van der Waals surface area contributed by atoms with E-state index in [1.54, 1.807) is 0 Å². The number of carboxylic acids is 1. The predicted molar refractivity (Wildman–Crippen MR) is 414 cm³/mol. The highest BCUT2D eigenvalue weighted by molar-refractivity contribution is 5.77.